The van der Waals surface area contributed by atoms with Crippen molar-refractivity contribution in [1.82, 2.24) is 0 Å². The second-order valence-electron chi connectivity index (χ2n) is 3.13. The number of oxime groups is 1. The third-order valence-electron chi connectivity index (χ3n) is 2.08. The van der Waals surface area contributed by atoms with Crippen LogP contribution in [0.3, 0.4) is 0 Å². The minimum absolute atomic E-state index is 0.0373. The van der Waals surface area contributed by atoms with E-state index in [4.69, 9.17) is 16.4 Å². The quantitative estimate of drug-likeness (QED) is 0.759. The fourth-order valence-electron chi connectivity index (χ4n) is 1.32. The largest absolute Gasteiger partial charge is 0.391 e. The molecular formula is C10H9BrClNO. The van der Waals surface area contributed by atoms with Crippen LogP contribution in [0.25, 0.3) is 0 Å². The molecule has 2 nitrogen and oxygen atoms in total. The van der Waals surface area contributed by atoms with Crippen molar-refractivity contribution in [3.63, 3.8) is 0 Å². The molecule has 1 aromatic rings. The van der Waals surface area contributed by atoms with Crippen LogP contribution in [0.4, 0.5) is 0 Å². The fourth-order valence-corrected chi connectivity index (χ4v) is 1.75. The van der Waals surface area contributed by atoms with Crippen molar-refractivity contribution in [3.8, 4) is 0 Å². The molecule has 1 aliphatic rings. The van der Waals surface area contributed by atoms with E-state index < -0.39 is 0 Å². The Bertz CT molecular complexity index is 350. The van der Waals surface area contributed by atoms with Gasteiger partial charge in [-0.2, -0.15) is 0 Å². The molecule has 1 heterocycles. The molecule has 0 amide bonds. The lowest BCUT2D eigenvalue weighted by Crippen LogP contribution is -2.09. The van der Waals surface area contributed by atoms with Gasteiger partial charge in [0.1, 0.15) is 6.10 Å². The summed E-state index contributed by atoms with van der Waals surface area (Å²) in [5.41, 5.74) is 2.07. The summed E-state index contributed by atoms with van der Waals surface area (Å²) in [6.45, 7) is 0. The smallest absolute Gasteiger partial charge is 0.146 e. The molecule has 0 N–H and O–H groups in total. The predicted molar refractivity (Wildman–Crippen MR) is 60.9 cm³/mol. The summed E-state index contributed by atoms with van der Waals surface area (Å²) < 4.78 is 1.06. The third kappa shape index (κ3) is 2.10. The molecule has 4 heteroatoms. The third-order valence-corrected chi connectivity index (χ3v) is 2.96. The van der Waals surface area contributed by atoms with E-state index in [9.17, 15) is 0 Å². The van der Waals surface area contributed by atoms with Gasteiger partial charge in [0.25, 0.3) is 0 Å². The van der Waals surface area contributed by atoms with Gasteiger partial charge in [0.2, 0.25) is 0 Å². The summed E-state index contributed by atoms with van der Waals surface area (Å²) in [5.74, 6) is 0.490. The number of hydrogen-bond acceptors (Lipinski definition) is 2. The van der Waals surface area contributed by atoms with E-state index in [2.05, 4.69) is 21.1 Å². The zero-order valence-electron chi connectivity index (χ0n) is 7.41. The molecule has 0 saturated heterocycles. The van der Waals surface area contributed by atoms with Crippen LogP contribution in [0, 0.1) is 0 Å². The van der Waals surface area contributed by atoms with Gasteiger partial charge in [-0.05, 0) is 17.7 Å². The molecule has 0 fully saturated rings. The van der Waals surface area contributed by atoms with E-state index in [-0.39, 0.29) is 6.10 Å². The summed E-state index contributed by atoms with van der Waals surface area (Å²) in [6.07, 6.45) is 0.834. The summed E-state index contributed by atoms with van der Waals surface area (Å²) >= 11 is 9.07. The highest BCUT2D eigenvalue weighted by Gasteiger charge is 2.20. The lowest BCUT2D eigenvalue weighted by molar-refractivity contribution is 0.102. The standard InChI is InChI=1S/C10H9BrClNO/c11-8-3-1-7(2-4-8)10-5-9(6-12)14-13-10/h1-4,9H,5-6H2. The Hall–Kier alpha value is -0.540. The van der Waals surface area contributed by atoms with Crippen molar-refractivity contribution in [2.75, 3.05) is 5.88 Å². The first-order chi connectivity index (χ1) is 6.79. The molecule has 0 aromatic heterocycles. The molecule has 0 spiro atoms. The Balaban J connectivity index is 2.13. The number of hydrogen-bond donors (Lipinski definition) is 0. The number of halogens is 2. The first kappa shape index (κ1) is 9.99. The molecule has 2 rings (SSSR count). The van der Waals surface area contributed by atoms with Crippen LogP contribution in [0.5, 0.6) is 0 Å². The van der Waals surface area contributed by atoms with Crippen LogP contribution in [0.2, 0.25) is 0 Å². The van der Waals surface area contributed by atoms with Gasteiger partial charge in [0.15, 0.2) is 0 Å². The Morgan fingerprint density at radius 3 is 2.71 bits per heavy atom. The molecular weight excluding hydrogens is 265 g/mol. The van der Waals surface area contributed by atoms with Gasteiger partial charge in [0.05, 0.1) is 11.6 Å². The number of rotatable bonds is 2. The minimum Gasteiger partial charge on any atom is -0.391 e. The molecule has 0 bridgehead atoms. The Kier molecular flexibility index (Phi) is 3.08. The maximum atomic E-state index is 5.68. The van der Waals surface area contributed by atoms with Gasteiger partial charge in [-0.25, -0.2) is 0 Å². The van der Waals surface area contributed by atoms with Crippen molar-refractivity contribution in [3.05, 3.63) is 34.3 Å². The van der Waals surface area contributed by atoms with E-state index in [0.717, 1.165) is 22.2 Å². The van der Waals surface area contributed by atoms with Crippen LogP contribution in [-0.2, 0) is 4.84 Å². The molecule has 1 aromatic carbocycles. The van der Waals surface area contributed by atoms with E-state index in [0.29, 0.717) is 5.88 Å². The van der Waals surface area contributed by atoms with E-state index >= 15 is 0 Å². The van der Waals surface area contributed by atoms with Crippen LogP contribution in [-0.4, -0.2) is 17.7 Å². The zero-order chi connectivity index (χ0) is 9.97. The molecule has 1 aliphatic heterocycles. The van der Waals surface area contributed by atoms with Crippen molar-refractivity contribution < 1.29 is 4.84 Å². The second-order valence-corrected chi connectivity index (χ2v) is 4.36. The summed E-state index contributed by atoms with van der Waals surface area (Å²) in [7, 11) is 0. The van der Waals surface area contributed by atoms with E-state index in [1.807, 2.05) is 24.3 Å². The van der Waals surface area contributed by atoms with Crippen LogP contribution >= 0.6 is 27.5 Å². The Labute approximate surface area is 96.0 Å². The minimum atomic E-state index is 0.0373. The van der Waals surface area contributed by atoms with Crippen LogP contribution in [0.15, 0.2) is 33.9 Å². The van der Waals surface area contributed by atoms with Gasteiger partial charge >= 0.3 is 0 Å². The van der Waals surface area contributed by atoms with Crippen molar-refractivity contribution in [1.29, 1.82) is 0 Å². The predicted octanol–water partition coefficient (Wildman–Crippen LogP) is 3.18. The molecule has 74 valence electrons. The topological polar surface area (TPSA) is 21.6 Å². The highest BCUT2D eigenvalue weighted by Crippen LogP contribution is 2.19. The second kappa shape index (κ2) is 4.32. The lowest BCUT2D eigenvalue weighted by Gasteiger charge is -2.01. The highest BCUT2D eigenvalue weighted by atomic mass is 79.9. The van der Waals surface area contributed by atoms with Crippen molar-refractivity contribution in [2.24, 2.45) is 5.16 Å². The molecule has 0 radical (unpaired) electrons. The van der Waals surface area contributed by atoms with Crippen molar-refractivity contribution >= 4 is 33.2 Å². The molecule has 1 unspecified atom stereocenters. The maximum Gasteiger partial charge on any atom is 0.146 e. The summed E-state index contributed by atoms with van der Waals surface area (Å²) in [5, 5.41) is 4.00. The van der Waals surface area contributed by atoms with Gasteiger partial charge in [0, 0.05) is 10.9 Å². The lowest BCUT2D eigenvalue weighted by atomic mass is 10.1. The van der Waals surface area contributed by atoms with E-state index in [1.165, 1.54) is 0 Å². The number of nitrogens with zero attached hydrogens (tertiary/aromatic N) is 1. The monoisotopic (exact) mass is 273 g/mol. The number of alkyl halides is 1. The van der Waals surface area contributed by atoms with Gasteiger partial charge in [-0.1, -0.05) is 33.2 Å². The maximum absolute atomic E-state index is 5.68. The summed E-state index contributed by atoms with van der Waals surface area (Å²) in [4.78, 5) is 5.14. The van der Waals surface area contributed by atoms with Crippen molar-refractivity contribution in [2.45, 2.75) is 12.5 Å². The Morgan fingerprint density at radius 1 is 1.43 bits per heavy atom. The molecule has 0 aliphatic carbocycles. The zero-order valence-corrected chi connectivity index (χ0v) is 9.75. The van der Waals surface area contributed by atoms with Gasteiger partial charge in [-0.3, -0.25) is 0 Å². The van der Waals surface area contributed by atoms with Gasteiger partial charge in [-0.15, -0.1) is 11.6 Å². The van der Waals surface area contributed by atoms with Gasteiger partial charge < -0.3 is 4.84 Å². The molecule has 14 heavy (non-hydrogen) atoms. The average molecular weight is 275 g/mol. The SMILES string of the molecule is ClCC1CC(c2ccc(Br)cc2)=NO1. The fraction of sp³-hybridized carbons (Fsp3) is 0.300. The van der Waals surface area contributed by atoms with E-state index in [1.54, 1.807) is 0 Å². The number of benzene rings is 1. The average Bonchev–Trinajstić information content (AvgIpc) is 2.67. The Morgan fingerprint density at radius 2 is 2.14 bits per heavy atom. The summed E-state index contributed by atoms with van der Waals surface area (Å²) in [6, 6.07) is 8.02. The first-order valence-corrected chi connectivity index (χ1v) is 5.67. The normalized spacial score (nSPS) is 20.4. The molecule has 1 atom stereocenters. The van der Waals surface area contributed by atoms with Crippen LogP contribution in [0.1, 0.15) is 12.0 Å². The molecule has 0 saturated carbocycles. The first-order valence-electron chi connectivity index (χ1n) is 4.34. The van der Waals surface area contributed by atoms with Crippen LogP contribution < -0.4 is 0 Å². The highest BCUT2D eigenvalue weighted by molar-refractivity contribution is 9.10.